The Labute approximate surface area is 160 Å². The van der Waals surface area contributed by atoms with Crippen LogP contribution in [0.3, 0.4) is 0 Å². The minimum absolute atomic E-state index is 0.184. The van der Waals surface area contributed by atoms with Crippen LogP contribution in [-0.2, 0) is 16.6 Å². The van der Waals surface area contributed by atoms with Crippen LogP contribution in [0.1, 0.15) is 25.8 Å². The summed E-state index contributed by atoms with van der Waals surface area (Å²) in [6, 6.07) is 7.76. The fourth-order valence-corrected chi connectivity index (χ4v) is 3.58. The molecule has 6 heteroatoms. The molecule has 1 N–H and O–H groups in total. The largest absolute Gasteiger partial charge is 0.380 e. The van der Waals surface area contributed by atoms with Gasteiger partial charge in [-0.1, -0.05) is 18.2 Å². The summed E-state index contributed by atoms with van der Waals surface area (Å²) >= 11 is 0. The van der Waals surface area contributed by atoms with Gasteiger partial charge < -0.3 is 14.8 Å². The first kappa shape index (κ1) is 19.2. The van der Waals surface area contributed by atoms with Crippen molar-refractivity contribution >= 4 is 28.3 Å². The Bertz CT molecular complexity index is 908. The Kier molecular flexibility index (Phi) is 5.37. The molecule has 2 aromatic rings. The zero-order valence-corrected chi connectivity index (χ0v) is 16.7. The van der Waals surface area contributed by atoms with Gasteiger partial charge in [0.1, 0.15) is 5.70 Å². The number of carbonyl (C=O) groups excluding carboxylic acids is 2. The fraction of sp³-hybridized carbons (Fsp3) is 0.429. The van der Waals surface area contributed by atoms with E-state index in [4.69, 9.17) is 0 Å². The third kappa shape index (κ3) is 3.49. The first-order valence-electron chi connectivity index (χ1n) is 9.38. The molecule has 0 bridgehead atoms. The second kappa shape index (κ2) is 7.56. The van der Waals surface area contributed by atoms with Gasteiger partial charge in [-0.3, -0.25) is 14.5 Å². The van der Waals surface area contributed by atoms with Crippen LogP contribution in [0.25, 0.3) is 16.5 Å². The summed E-state index contributed by atoms with van der Waals surface area (Å²) < 4.78 is 2.00. The summed E-state index contributed by atoms with van der Waals surface area (Å²) in [5.74, 6) is -0.454. The van der Waals surface area contributed by atoms with Gasteiger partial charge in [0.05, 0.1) is 5.57 Å². The number of para-hydroxylation sites is 1. The smallest absolute Gasteiger partial charge is 0.277 e. The number of amides is 2. The van der Waals surface area contributed by atoms with E-state index in [0.29, 0.717) is 17.8 Å². The minimum atomic E-state index is -0.234. The van der Waals surface area contributed by atoms with Gasteiger partial charge in [-0.25, -0.2) is 0 Å². The van der Waals surface area contributed by atoms with E-state index >= 15 is 0 Å². The van der Waals surface area contributed by atoms with Crippen LogP contribution in [0, 0.1) is 0 Å². The number of hydrogen-bond acceptors (Lipinski definition) is 4. The fourth-order valence-electron chi connectivity index (χ4n) is 3.58. The number of aryl methyl sites for hydroxylation is 1. The number of rotatable bonds is 7. The van der Waals surface area contributed by atoms with Gasteiger partial charge in [0.2, 0.25) is 0 Å². The Hall–Kier alpha value is -2.60. The van der Waals surface area contributed by atoms with Crippen molar-refractivity contribution in [2.75, 3.05) is 27.2 Å². The number of nitrogens with one attached hydrogen (secondary N) is 1. The molecule has 0 saturated heterocycles. The SMILES string of the molecule is CC(C)N1C(=O)C(NCCCN(C)C)=C(c2cn(C)c3ccccc23)C1=O. The predicted molar refractivity (Wildman–Crippen MR) is 108 cm³/mol. The van der Waals surface area contributed by atoms with Crippen molar-refractivity contribution in [1.82, 2.24) is 19.7 Å². The standard InChI is InChI=1S/C21H28N4O2/c1-14(2)25-20(26)18(19(21(25)27)22-11-8-12-23(3)4)16-13-24(5)17-10-7-6-9-15(16)17/h6-7,9-10,13-14,22H,8,11-12H2,1-5H3. The molecule has 1 aromatic carbocycles. The molecular formula is C21H28N4O2. The van der Waals surface area contributed by atoms with E-state index in [1.807, 2.05) is 70.0 Å². The summed E-state index contributed by atoms with van der Waals surface area (Å²) in [7, 11) is 6.00. The van der Waals surface area contributed by atoms with Crippen molar-refractivity contribution in [1.29, 1.82) is 0 Å². The Morgan fingerprint density at radius 3 is 2.48 bits per heavy atom. The van der Waals surface area contributed by atoms with Crippen LogP contribution in [-0.4, -0.2) is 59.4 Å². The predicted octanol–water partition coefficient (Wildman–Crippen LogP) is 2.21. The third-order valence-corrected chi connectivity index (χ3v) is 4.88. The molecular weight excluding hydrogens is 340 g/mol. The second-order valence-corrected chi connectivity index (χ2v) is 7.58. The second-order valence-electron chi connectivity index (χ2n) is 7.58. The van der Waals surface area contributed by atoms with Crippen molar-refractivity contribution < 1.29 is 9.59 Å². The van der Waals surface area contributed by atoms with E-state index in [1.54, 1.807) is 0 Å². The highest BCUT2D eigenvalue weighted by Crippen LogP contribution is 2.34. The molecule has 0 radical (unpaired) electrons. The van der Waals surface area contributed by atoms with Gasteiger partial charge in [0.25, 0.3) is 11.8 Å². The normalized spacial score (nSPS) is 15.1. The van der Waals surface area contributed by atoms with Gasteiger partial charge in [-0.2, -0.15) is 0 Å². The average molecular weight is 368 g/mol. The van der Waals surface area contributed by atoms with Crippen LogP contribution in [0.5, 0.6) is 0 Å². The summed E-state index contributed by atoms with van der Waals surface area (Å²) in [5.41, 5.74) is 2.75. The molecule has 0 spiro atoms. The van der Waals surface area contributed by atoms with Gasteiger partial charge in [0.15, 0.2) is 0 Å². The topological polar surface area (TPSA) is 57.6 Å². The first-order chi connectivity index (χ1) is 12.8. The van der Waals surface area contributed by atoms with Crippen LogP contribution >= 0.6 is 0 Å². The quantitative estimate of drug-likeness (QED) is 0.601. The van der Waals surface area contributed by atoms with E-state index in [0.717, 1.165) is 29.4 Å². The third-order valence-electron chi connectivity index (χ3n) is 4.88. The molecule has 2 amide bonds. The Morgan fingerprint density at radius 2 is 1.81 bits per heavy atom. The highest BCUT2D eigenvalue weighted by Gasteiger charge is 2.41. The maximum absolute atomic E-state index is 13.2. The van der Waals surface area contributed by atoms with E-state index < -0.39 is 0 Å². The number of carbonyl (C=O) groups is 2. The lowest BCUT2D eigenvalue weighted by molar-refractivity contribution is -0.138. The van der Waals surface area contributed by atoms with Gasteiger partial charge in [-0.15, -0.1) is 0 Å². The molecule has 1 aromatic heterocycles. The van der Waals surface area contributed by atoms with Crippen LogP contribution in [0.15, 0.2) is 36.2 Å². The summed E-state index contributed by atoms with van der Waals surface area (Å²) in [4.78, 5) is 29.6. The van der Waals surface area contributed by atoms with Crippen molar-refractivity contribution in [3.8, 4) is 0 Å². The Morgan fingerprint density at radius 1 is 1.11 bits per heavy atom. The highest BCUT2D eigenvalue weighted by atomic mass is 16.2. The maximum atomic E-state index is 13.2. The molecule has 1 aliphatic heterocycles. The van der Waals surface area contributed by atoms with Crippen molar-refractivity contribution in [2.45, 2.75) is 26.3 Å². The summed E-state index contributed by atoms with van der Waals surface area (Å²) in [5, 5.41) is 4.24. The van der Waals surface area contributed by atoms with Crippen molar-refractivity contribution in [3.05, 3.63) is 41.7 Å². The molecule has 144 valence electrons. The van der Waals surface area contributed by atoms with Crippen molar-refractivity contribution in [3.63, 3.8) is 0 Å². The molecule has 1 aliphatic rings. The molecule has 27 heavy (non-hydrogen) atoms. The minimum Gasteiger partial charge on any atom is -0.380 e. The zero-order chi connectivity index (χ0) is 19.7. The number of hydrogen-bond donors (Lipinski definition) is 1. The average Bonchev–Trinajstić information content (AvgIpc) is 3.06. The molecule has 2 heterocycles. The Balaban J connectivity index is 2.05. The molecule has 0 atom stereocenters. The van der Waals surface area contributed by atoms with Crippen LogP contribution in [0.2, 0.25) is 0 Å². The summed E-state index contributed by atoms with van der Waals surface area (Å²) in [6.45, 7) is 5.30. The van der Waals surface area contributed by atoms with E-state index in [9.17, 15) is 9.59 Å². The molecule has 3 rings (SSSR count). The first-order valence-corrected chi connectivity index (χ1v) is 9.38. The lowest BCUT2D eigenvalue weighted by Gasteiger charge is -2.19. The number of fused-ring (bicyclic) bond motifs is 1. The lowest BCUT2D eigenvalue weighted by atomic mass is 10.0. The zero-order valence-electron chi connectivity index (χ0n) is 16.7. The lowest BCUT2D eigenvalue weighted by Crippen LogP contribution is -2.39. The van der Waals surface area contributed by atoms with Gasteiger partial charge >= 0.3 is 0 Å². The number of nitrogens with zero attached hydrogens (tertiary/aromatic N) is 3. The molecule has 0 fully saturated rings. The molecule has 0 unspecified atom stereocenters. The van der Waals surface area contributed by atoms with Gasteiger partial charge in [0, 0.05) is 42.3 Å². The number of benzene rings is 1. The van der Waals surface area contributed by atoms with E-state index in [1.165, 1.54) is 4.90 Å². The van der Waals surface area contributed by atoms with Gasteiger partial charge in [-0.05, 0) is 47.0 Å². The van der Waals surface area contributed by atoms with E-state index in [-0.39, 0.29) is 17.9 Å². The molecule has 6 nitrogen and oxygen atoms in total. The highest BCUT2D eigenvalue weighted by molar-refractivity contribution is 6.37. The van der Waals surface area contributed by atoms with Crippen LogP contribution in [0.4, 0.5) is 0 Å². The van der Waals surface area contributed by atoms with Crippen LogP contribution < -0.4 is 5.32 Å². The van der Waals surface area contributed by atoms with Crippen molar-refractivity contribution in [2.24, 2.45) is 7.05 Å². The van der Waals surface area contributed by atoms with E-state index in [2.05, 4.69) is 10.2 Å². The maximum Gasteiger partial charge on any atom is 0.277 e. The number of aromatic nitrogens is 1. The molecule has 0 aliphatic carbocycles. The summed E-state index contributed by atoms with van der Waals surface area (Å²) in [6.07, 6.45) is 2.83. The monoisotopic (exact) mass is 368 g/mol. The number of imide groups is 1. The molecule has 0 saturated carbocycles.